The molecule has 2 fully saturated rings. The Morgan fingerprint density at radius 1 is 0.390 bits per heavy atom. The van der Waals surface area contributed by atoms with E-state index in [9.17, 15) is 0 Å². The largest absolute Gasteiger partial charge is 0.330 e. The summed E-state index contributed by atoms with van der Waals surface area (Å²) in [5.41, 5.74) is 55.1. The summed E-state index contributed by atoms with van der Waals surface area (Å²) in [6.45, 7) is 43.5. The SMILES string of the molecule is CC(C)(C)CCN.CC(C)CC(C)N.CC(C)CCC(C)N.CC(C)CCCN.CCCCC(CC)CN.CCCCCC(C)N.CCCCCCC(C)N.CCCCCCN.NC1CCCCC1.NCC1CCCCC1. The molecule has 0 amide bonds. The summed E-state index contributed by atoms with van der Waals surface area (Å²) in [5.74, 6) is 4.03. The van der Waals surface area contributed by atoms with Crippen LogP contribution >= 0.6 is 0 Å². The minimum atomic E-state index is 0.375. The van der Waals surface area contributed by atoms with Crippen LogP contribution in [0, 0.1) is 35.0 Å². The van der Waals surface area contributed by atoms with Crippen molar-refractivity contribution in [1.29, 1.82) is 0 Å². The van der Waals surface area contributed by atoms with E-state index in [-0.39, 0.29) is 0 Å². The lowest BCUT2D eigenvalue weighted by atomic mass is 9.90. The normalized spacial score (nSPS) is 15.2. The minimum Gasteiger partial charge on any atom is -0.330 e. The van der Waals surface area contributed by atoms with E-state index in [4.69, 9.17) is 57.3 Å². The van der Waals surface area contributed by atoms with Crippen LogP contribution in [0.25, 0.3) is 0 Å². The molecule has 2 aliphatic carbocycles. The average Bonchev–Trinajstić information content (AvgIpc) is 3.36. The molecule has 478 valence electrons. The highest BCUT2D eigenvalue weighted by Gasteiger charge is 2.10. The molecule has 0 bridgehead atoms. The second-order valence-electron chi connectivity index (χ2n) is 25.9. The quantitative estimate of drug-likeness (QED) is 0.0331. The number of unbranched alkanes of at least 4 members (excludes halogenated alkanes) is 9. The van der Waals surface area contributed by atoms with Gasteiger partial charge in [0.05, 0.1) is 0 Å². The third-order valence-corrected chi connectivity index (χ3v) is 13.3. The predicted octanol–water partition coefficient (Wildman–Crippen LogP) is 16.6. The molecule has 10 nitrogen and oxygen atoms in total. The van der Waals surface area contributed by atoms with Gasteiger partial charge in [-0.3, -0.25) is 0 Å². The minimum absolute atomic E-state index is 0.375. The molecule has 0 aromatic rings. The van der Waals surface area contributed by atoms with Gasteiger partial charge in [0.2, 0.25) is 0 Å². The van der Waals surface area contributed by atoms with Crippen LogP contribution in [0.4, 0.5) is 0 Å². The molecule has 0 radical (unpaired) electrons. The van der Waals surface area contributed by atoms with Crippen molar-refractivity contribution in [3.63, 3.8) is 0 Å². The standard InChI is InChI=1S/2C8H19N.C7H15N.2C7H17N.C6H13N.4C6H15N/c1-3-4-5-6-7-8(2)9;1-3-5-6-8(4-2)7-9;8-6-7-4-2-1-3-5-7;1-6(2)4-5-7(3)8;1-3-4-5-6-7(2)8;7-6-4-2-1-3-5-6;1-6(2,3)4-5-7;1-5(2)4-6(3)7;1-6(2)4-3-5-7;1-2-3-4-5-6-7/h2*8H,3-7,9H2,1-2H3;7H,1-6,8H2;6-7H,4-5,8H2,1-3H3;7H,3-6,8H2,1-2H3;6H,1-5,7H2;4-5,7H2,1-3H3;5-6H,4,7H2,1-3H3;6H,3-5,7H2,1-2H3;2-7H2,1H3. The zero-order valence-electron chi connectivity index (χ0n) is 56.9. The average molecular weight is 1110 g/mol. The van der Waals surface area contributed by atoms with Crippen LogP contribution in [-0.2, 0) is 0 Å². The van der Waals surface area contributed by atoms with Crippen LogP contribution in [0.1, 0.15) is 337 Å². The fourth-order valence-electron chi connectivity index (χ4n) is 8.02. The Hall–Kier alpha value is -0.400. The monoisotopic (exact) mass is 1110 g/mol. The van der Waals surface area contributed by atoms with E-state index in [1.54, 1.807) is 0 Å². The van der Waals surface area contributed by atoms with Crippen molar-refractivity contribution in [2.45, 2.75) is 367 Å². The van der Waals surface area contributed by atoms with Crippen molar-refractivity contribution in [3.05, 3.63) is 0 Å². The summed E-state index contributed by atoms with van der Waals surface area (Å²) in [7, 11) is 0. The maximum atomic E-state index is 5.63. The Bertz CT molecular complexity index is 904. The van der Waals surface area contributed by atoms with Gasteiger partial charge in [-0.15, -0.1) is 0 Å². The van der Waals surface area contributed by atoms with Crippen molar-refractivity contribution in [2.24, 2.45) is 92.3 Å². The summed E-state index contributed by atoms with van der Waals surface area (Å²) < 4.78 is 0. The molecule has 20 N–H and O–H groups in total. The first-order chi connectivity index (χ1) is 36.2. The molecule has 0 saturated heterocycles. The number of hydrogen-bond donors (Lipinski definition) is 10. The molecule has 2 aliphatic rings. The first-order valence-corrected chi connectivity index (χ1v) is 33.5. The molecule has 0 aromatic heterocycles. The number of hydrogen-bond acceptors (Lipinski definition) is 10. The fraction of sp³-hybridized carbons (Fsp3) is 1.00. The van der Waals surface area contributed by atoms with Gasteiger partial charge in [0.15, 0.2) is 0 Å². The van der Waals surface area contributed by atoms with E-state index in [1.807, 2.05) is 6.92 Å². The van der Waals surface area contributed by atoms with Crippen LogP contribution in [0.15, 0.2) is 0 Å². The molecular formula is C67H160N10. The third-order valence-electron chi connectivity index (χ3n) is 13.3. The molecule has 77 heavy (non-hydrogen) atoms. The predicted molar refractivity (Wildman–Crippen MR) is 360 cm³/mol. The fourth-order valence-corrected chi connectivity index (χ4v) is 8.02. The van der Waals surface area contributed by atoms with Crippen LogP contribution in [0.3, 0.4) is 0 Å². The van der Waals surface area contributed by atoms with E-state index in [0.717, 1.165) is 81.6 Å². The number of rotatable bonds is 28. The molecule has 0 spiro atoms. The lowest BCUT2D eigenvalue weighted by molar-refractivity contribution is 0.366. The van der Waals surface area contributed by atoms with Gasteiger partial charge < -0.3 is 57.3 Å². The Morgan fingerprint density at radius 3 is 1.01 bits per heavy atom. The Balaban J connectivity index is -0.000000115. The molecule has 5 atom stereocenters. The van der Waals surface area contributed by atoms with E-state index in [1.165, 1.54) is 193 Å². The second-order valence-corrected chi connectivity index (χ2v) is 25.9. The van der Waals surface area contributed by atoms with Crippen molar-refractivity contribution in [1.82, 2.24) is 0 Å². The molecular weight excluding hydrogens is 945 g/mol. The maximum Gasteiger partial charge on any atom is 0.00388 e. The van der Waals surface area contributed by atoms with Gasteiger partial charge in [0.25, 0.3) is 0 Å². The maximum absolute atomic E-state index is 5.63. The first kappa shape index (κ1) is 93.0. The molecule has 2 rings (SSSR count). The Kier molecular flexibility index (Phi) is 93.8. The molecule has 10 heteroatoms. The summed E-state index contributed by atoms with van der Waals surface area (Å²) in [6.07, 6.45) is 42.9. The highest BCUT2D eigenvalue weighted by atomic mass is 14.6. The van der Waals surface area contributed by atoms with Gasteiger partial charge >= 0.3 is 0 Å². The van der Waals surface area contributed by atoms with E-state index < -0.39 is 0 Å². The molecule has 0 heterocycles. The highest BCUT2D eigenvalue weighted by molar-refractivity contribution is 4.67. The summed E-state index contributed by atoms with van der Waals surface area (Å²) in [6, 6.07) is 2.11. The van der Waals surface area contributed by atoms with Crippen LogP contribution < -0.4 is 57.3 Å². The Labute approximate surface area is 489 Å². The van der Waals surface area contributed by atoms with Crippen molar-refractivity contribution >= 4 is 0 Å². The van der Waals surface area contributed by atoms with Crippen LogP contribution in [0.2, 0.25) is 0 Å². The molecule has 2 saturated carbocycles. The van der Waals surface area contributed by atoms with E-state index in [2.05, 4.69) is 118 Å². The third kappa shape index (κ3) is 123. The molecule has 0 aromatic carbocycles. The summed E-state index contributed by atoms with van der Waals surface area (Å²) >= 11 is 0. The summed E-state index contributed by atoms with van der Waals surface area (Å²) in [4.78, 5) is 0. The first-order valence-electron chi connectivity index (χ1n) is 33.5. The van der Waals surface area contributed by atoms with Crippen molar-refractivity contribution in [2.75, 3.05) is 32.7 Å². The number of nitrogens with two attached hydrogens (primary N) is 10. The van der Waals surface area contributed by atoms with Gasteiger partial charge in [-0.2, -0.15) is 0 Å². The van der Waals surface area contributed by atoms with Crippen LogP contribution in [-0.4, -0.2) is 62.9 Å². The van der Waals surface area contributed by atoms with Crippen molar-refractivity contribution < 1.29 is 0 Å². The van der Waals surface area contributed by atoms with Gasteiger partial charge in [0, 0.05) is 30.2 Å². The topological polar surface area (TPSA) is 260 Å². The van der Waals surface area contributed by atoms with E-state index in [0.29, 0.717) is 35.6 Å². The van der Waals surface area contributed by atoms with E-state index >= 15 is 0 Å². The van der Waals surface area contributed by atoms with Gasteiger partial charge in [-0.25, -0.2) is 0 Å². The van der Waals surface area contributed by atoms with Gasteiger partial charge in [0.1, 0.15) is 0 Å². The van der Waals surface area contributed by atoms with Gasteiger partial charge in [-0.05, 0) is 185 Å². The highest BCUT2D eigenvalue weighted by Crippen LogP contribution is 2.22. The lowest BCUT2D eigenvalue weighted by Gasteiger charge is -2.18. The zero-order chi connectivity index (χ0) is 61.1. The van der Waals surface area contributed by atoms with Crippen LogP contribution in [0.5, 0.6) is 0 Å². The lowest BCUT2D eigenvalue weighted by Crippen LogP contribution is -2.22. The zero-order valence-corrected chi connectivity index (χ0v) is 56.9. The summed E-state index contributed by atoms with van der Waals surface area (Å²) in [5, 5.41) is 0. The second kappa shape index (κ2) is 77.7. The van der Waals surface area contributed by atoms with Gasteiger partial charge in [-0.1, -0.05) is 219 Å². The molecule has 5 unspecified atom stereocenters. The van der Waals surface area contributed by atoms with Crippen molar-refractivity contribution in [3.8, 4) is 0 Å². The molecule has 0 aliphatic heterocycles. The smallest absolute Gasteiger partial charge is 0.00388 e. The Morgan fingerprint density at radius 2 is 0.792 bits per heavy atom.